The number of nitrogens with one attached hydrogen (secondary N) is 1. The summed E-state index contributed by atoms with van der Waals surface area (Å²) in [6.45, 7) is 4.05. The molecule has 1 aliphatic heterocycles. The van der Waals surface area contributed by atoms with Gasteiger partial charge in [-0.3, -0.25) is 0 Å². The van der Waals surface area contributed by atoms with Gasteiger partial charge in [0.2, 0.25) is 0 Å². The highest BCUT2D eigenvalue weighted by atomic mass is 16.5. The van der Waals surface area contributed by atoms with E-state index < -0.39 is 0 Å². The minimum Gasteiger partial charge on any atom is -0.467 e. The molecule has 0 saturated carbocycles. The van der Waals surface area contributed by atoms with Crippen LogP contribution in [0.15, 0.2) is 22.8 Å². The Morgan fingerprint density at radius 2 is 2.47 bits per heavy atom. The first-order valence-electron chi connectivity index (χ1n) is 6.74. The molecule has 1 fully saturated rings. The summed E-state index contributed by atoms with van der Waals surface area (Å²) in [5, 5.41) is 3.56. The molecule has 0 amide bonds. The monoisotopic (exact) mass is 237 g/mol. The Balaban J connectivity index is 1.56. The Bertz CT molecular complexity index is 291. The van der Waals surface area contributed by atoms with E-state index in [9.17, 15) is 0 Å². The lowest BCUT2D eigenvalue weighted by atomic mass is 10.0. The Labute approximate surface area is 104 Å². The van der Waals surface area contributed by atoms with Crippen LogP contribution in [0.25, 0.3) is 0 Å². The molecule has 96 valence electrons. The van der Waals surface area contributed by atoms with E-state index in [0.29, 0.717) is 6.04 Å². The van der Waals surface area contributed by atoms with Gasteiger partial charge in [-0.05, 0) is 51.3 Å². The molecule has 0 radical (unpaired) electrons. The predicted molar refractivity (Wildman–Crippen MR) is 68.0 cm³/mol. The predicted octanol–water partition coefficient (Wildman–Crippen LogP) is 3.28. The lowest BCUT2D eigenvalue weighted by Gasteiger charge is -2.23. The SMILES string of the molecule is C[C@@H](OCCC[C@@H]1CCCCN1)c1ccco1. The molecule has 1 aromatic heterocycles. The summed E-state index contributed by atoms with van der Waals surface area (Å²) in [5.41, 5.74) is 0. The van der Waals surface area contributed by atoms with Crippen LogP contribution in [0.3, 0.4) is 0 Å². The summed E-state index contributed by atoms with van der Waals surface area (Å²) in [6, 6.07) is 4.58. The number of rotatable bonds is 6. The first-order chi connectivity index (χ1) is 8.36. The average Bonchev–Trinajstić information content (AvgIpc) is 2.89. The first kappa shape index (κ1) is 12.7. The van der Waals surface area contributed by atoms with Crippen LogP contribution in [0.2, 0.25) is 0 Å². The highest BCUT2D eigenvalue weighted by Gasteiger charge is 2.12. The molecule has 2 atom stereocenters. The number of hydrogen-bond donors (Lipinski definition) is 1. The van der Waals surface area contributed by atoms with E-state index in [0.717, 1.165) is 18.8 Å². The standard InChI is InChI=1S/C14H23NO2/c1-12(14-8-5-11-17-14)16-10-4-7-13-6-2-3-9-15-13/h5,8,11-13,15H,2-4,6-7,9-10H2,1H3/t12-,13+/m1/s1. The molecule has 0 unspecified atom stereocenters. The summed E-state index contributed by atoms with van der Waals surface area (Å²) in [7, 11) is 0. The molecule has 1 aliphatic rings. The van der Waals surface area contributed by atoms with Crippen molar-refractivity contribution in [3.63, 3.8) is 0 Å². The van der Waals surface area contributed by atoms with Crippen molar-refractivity contribution in [2.24, 2.45) is 0 Å². The molecule has 1 N–H and O–H groups in total. The van der Waals surface area contributed by atoms with Crippen LogP contribution in [0, 0.1) is 0 Å². The van der Waals surface area contributed by atoms with Crippen molar-refractivity contribution in [3.8, 4) is 0 Å². The molecule has 0 aromatic carbocycles. The van der Waals surface area contributed by atoms with E-state index in [-0.39, 0.29) is 6.10 Å². The molecular formula is C14H23NO2. The highest BCUT2D eigenvalue weighted by molar-refractivity contribution is 5.00. The normalized spacial score (nSPS) is 22.5. The molecule has 0 spiro atoms. The van der Waals surface area contributed by atoms with Crippen molar-refractivity contribution in [2.75, 3.05) is 13.2 Å². The van der Waals surface area contributed by atoms with Crippen molar-refractivity contribution in [3.05, 3.63) is 24.2 Å². The van der Waals surface area contributed by atoms with Crippen LogP contribution in [-0.4, -0.2) is 19.2 Å². The van der Waals surface area contributed by atoms with Crippen LogP contribution in [-0.2, 0) is 4.74 Å². The number of piperidine rings is 1. The van der Waals surface area contributed by atoms with E-state index in [2.05, 4.69) is 5.32 Å². The van der Waals surface area contributed by atoms with E-state index in [4.69, 9.17) is 9.15 Å². The van der Waals surface area contributed by atoms with Crippen LogP contribution in [0.1, 0.15) is 50.9 Å². The maximum absolute atomic E-state index is 5.76. The van der Waals surface area contributed by atoms with Gasteiger partial charge in [0.05, 0.1) is 6.26 Å². The minimum absolute atomic E-state index is 0.0734. The van der Waals surface area contributed by atoms with Gasteiger partial charge >= 0.3 is 0 Å². The number of ether oxygens (including phenoxy) is 1. The smallest absolute Gasteiger partial charge is 0.132 e. The second-order valence-electron chi connectivity index (χ2n) is 4.82. The van der Waals surface area contributed by atoms with Gasteiger partial charge in [0.1, 0.15) is 11.9 Å². The number of furan rings is 1. The molecular weight excluding hydrogens is 214 g/mol. The second kappa shape index (κ2) is 6.82. The summed E-state index contributed by atoms with van der Waals surface area (Å²) in [6.07, 6.45) is 8.16. The topological polar surface area (TPSA) is 34.4 Å². The van der Waals surface area contributed by atoms with Crippen molar-refractivity contribution in [2.45, 2.75) is 51.2 Å². The van der Waals surface area contributed by atoms with Crippen LogP contribution in [0.5, 0.6) is 0 Å². The third kappa shape index (κ3) is 4.17. The number of hydrogen-bond acceptors (Lipinski definition) is 3. The molecule has 2 rings (SSSR count). The van der Waals surface area contributed by atoms with E-state index >= 15 is 0 Å². The lowest BCUT2D eigenvalue weighted by Crippen LogP contribution is -2.34. The van der Waals surface area contributed by atoms with Gasteiger partial charge in [-0.1, -0.05) is 6.42 Å². The molecule has 1 saturated heterocycles. The summed E-state index contributed by atoms with van der Waals surface area (Å²) in [5.74, 6) is 0.917. The van der Waals surface area contributed by atoms with Crippen LogP contribution < -0.4 is 5.32 Å². The zero-order valence-corrected chi connectivity index (χ0v) is 10.7. The van der Waals surface area contributed by atoms with Gasteiger partial charge in [-0.2, -0.15) is 0 Å². The highest BCUT2D eigenvalue weighted by Crippen LogP contribution is 2.18. The Hall–Kier alpha value is -0.800. The first-order valence-corrected chi connectivity index (χ1v) is 6.74. The third-order valence-electron chi connectivity index (χ3n) is 3.42. The van der Waals surface area contributed by atoms with Crippen molar-refractivity contribution >= 4 is 0 Å². The zero-order chi connectivity index (χ0) is 11.9. The maximum Gasteiger partial charge on any atom is 0.132 e. The average molecular weight is 237 g/mol. The molecule has 2 heterocycles. The molecule has 0 aliphatic carbocycles. The quantitative estimate of drug-likeness (QED) is 0.771. The summed E-state index contributed by atoms with van der Waals surface area (Å²) in [4.78, 5) is 0. The van der Waals surface area contributed by atoms with Crippen LogP contribution in [0.4, 0.5) is 0 Å². The third-order valence-corrected chi connectivity index (χ3v) is 3.42. The van der Waals surface area contributed by atoms with Crippen molar-refractivity contribution in [1.82, 2.24) is 5.32 Å². The second-order valence-corrected chi connectivity index (χ2v) is 4.82. The zero-order valence-electron chi connectivity index (χ0n) is 10.7. The Kier molecular flexibility index (Phi) is 5.08. The van der Waals surface area contributed by atoms with Crippen LogP contribution >= 0.6 is 0 Å². The van der Waals surface area contributed by atoms with Gasteiger partial charge in [-0.25, -0.2) is 0 Å². The Morgan fingerprint density at radius 3 is 3.18 bits per heavy atom. The Morgan fingerprint density at radius 1 is 1.53 bits per heavy atom. The van der Waals surface area contributed by atoms with Gasteiger partial charge in [-0.15, -0.1) is 0 Å². The fourth-order valence-corrected chi connectivity index (χ4v) is 2.36. The largest absolute Gasteiger partial charge is 0.467 e. The van der Waals surface area contributed by atoms with Gasteiger partial charge in [0, 0.05) is 12.6 Å². The fourth-order valence-electron chi connectivity index (χ4n) is 2.36. The molecule has 1 aromatic rings. The van der Waals surface area contributed by atoms with E-state index in [1.807, 2.05) is 19.1 Å². The minimum atomic E-state index is 0.0734. The van der Waals surface area contributed by atoms with E-state index in [1.165, 1.54) is 32.2 Å². The van der Waals surface area contributed by atoms with Crippen molar-refractivity contribution < 1.29 is 9.15 Å². The fraction of sp³-hybridized carbons (Fsp3) is 0.714. The van der Waals surface area contributed by atoms with Gasteiger partial charge < -0.3 is 14.5 Å². The summed E-state index contributed by atoms with van der Waals surface area (Å²) < 4.78 is 11.1. The van der Waals surface area contributed by atoms with Gasteiger partial charge in [0.25, 0.3) is 0 Å². The molecule has 3 heteroatoms. The van der Waals surface area contributed by atoms with Crippen molar-refractivity contribution in [1.29, 1.82) is 0 Å². The molecule has 3 nitrogen and oxygen atoms in total. The lowest BCUT2D eigenvalue weighted by molar-refractivity contribution is 0.0468. The summed E-state index contributed by atoms with van der Waals surface area (Å²) >= 11 is 0. The van der Waals surface area contributed by atoms with E-state index in [1.54, 1.807) is 6.26 Å². The molecule has 17 heavy (non-hydrogen) atoms. The molecule has 0 bridgehead atoms. The van der Waals surface area contributed by atoms with Gasteiger partial charge in [0.15, 0.2) is 0 Å². The maximum atomic E-state index is 5.76.